The maximum Gasteiger partial charge on any atom is 0.255 e. The minimum Gasteiger partial charge on any atom is -0.510 e. The SMILES string of the molecule is CN(C)C1C(O)=C(C(N)=O)C(=O)C2(O)C(O)=C3C(=O)c4c(ccc(Nc5nc(-c6ccc(F)cc6)cs5)c4O)CC3CC12. The first kappa shape index (κ1) is 28.5. The highest BCUT2D eigenvalue weighted by atomic mass is 32.1. The summed E-state index contributed by atoms with van der Waals surface area (Å²) < 4.78 is 13.3. The number of anilines is 2. The van der Waals surface area contributed by atoms with Gasteiger partial charge in [-0.05, 0) is 68.8 Å². The number of aliphatic hydroxyl groups is 3. The quantitative estimate of drug-likeness (QED) is 0.186. The van der Waals surface area contributed by atoms with Crippen LogP contribution in [0.5, 0.6) is 5.75 Å². The summed E-state index contributed by atoms with van der Waals surface area (Å²) in [5.41, 5.74) is 3.38. The zero-order valence-corrected chi connectivity index (χ0v) is 23.8. The average molecular weight is 607 g/mol. The smallest absolute Gasteiger partial charge is 0.255 e. The fourth-order valence-corrected chi connectivity index (χ4v) is 7.26. The molecule has 0 spiro atoms. The molecule has 3 aromatic rings. The predicted molar refractivity (Wildman–Crippen MR) is 154 cm³/mol. The molecule has 0 aliphatic heterocycles. The number of aromatic nitrogens is 1. The highest BCUT2D eigenvalue weighted by molar-refractivity contribution is 7.14. The van der Waals surface area contributed by atoms with Gasteiger partial charge in [0.05, 0.1) is 23.0 Å². The highest BCUT2D eigenvalue weighted by Crippen LogP contribution is 2.52. The molecule has 222 valence electrons. The Hall–Kier alpha value is -4.59. The summed E-state index contributed by atoms with van der Waals surface area (Å²) in [7, 11) is 3.15. The first-order chi connectivity index (χ1) is 20.3. The minimum absolute atomic E-state index is 0.0117. The molecule has 1 heterocycles. The Kier molecular flexibility index (Phi) is 6.64. The zero-order valence-electron chi connectivity index (χ0n) is 23.0. The fourth-order valence-electron chi connectivity index (χ4n) is 6.53. The van der Waals surface area contributed by atoms with E-state index in [1.165, 1.54) is 28.4 Å². The number of carbonyl (C=O) groups excluding carboxylic acids is 3. The number of benzene rings is 2. The van der Waals surface area contributed by atoms with Gasteiger partial charge < -0.3 is 31.5 Å². The number of aromatic hydroxyl groups is 1. The molecule has 2 aromatic carbocycles. The third kappa shape index (κ3) is 4.22. The van der Waals surface area contributed by atoms with Gasteiger partial charge in [-0.1, -0.05) is 6.07 Å². The van der Waals surface area contributed by atoms with Crippen LogP contribution in [0.2, 0.25) is 0 Å². The van der Waals surface area contributed by atoms with Crippen LogP contribution in [0.15, 0.2) is 64.4 Å². The van der Waals surface area contributed by atoms with E-state index in [4.69, 9.17) is 5.73 Å². The number of hydrogen-bond donors (Lipinski definition) is 6. The zero-order chi connectivity index (χ0) is 31.0. The topological polar surface area (TPSA) is 186 Å². The number of primary amides is 1. The predicted octanol–water partition coefficient (Wildman–Crippen LogP) is 3.13. The Balaban J connectivity index is 1.38. The number of amides is 1. The van der Waals surface area contributed by atoms with Crippen LogP contribution in [-0.4, -0.2) is 73.5 Å². The third-order valence-electron chi connectivity index (χ3n) is 8.48. The van der Waals surface area contributed by atoms with Crippen molar-refractivity contribution in [3.05, 3.63) is 81.4 Å². The second-order valence-corrected chi connectivity index (χ2v) is 12.0. The monoisotopic (exact) mass is 606 g/mol. The Morgan fingerprint density at radius 3 is 2.49 bits per heavy atom. The number of Topliss-reactive ketones (excluding diaryl/α,β-unsaturated/α-hetero) is 2. The normalized spacial score (nSPS) is 25.0. The Morgan fingerprint density at radius 1 is 1.14 bits per heavy atom. The van der Waals surface area contributed by atoms with Crippen LogP contribution in [-0.2, 0) is 16.0 Å². The van der Waals surface area contributed by atoms with Gasteiger partial charge >= 0.3 is 0 Å². The number of nitrogens with one attached hydrogen (secondary N) is 1. The summed E-state index contributed by atoms with van der Waals surface area (Å²) in [4.78, 5) is 45.4. The molecule has 13 heteroatoms. The number of likely N-dealkylation sites (N-methyl/N-ethyl adjacent to an activating group) is 1. The molecule has 4 unspecified atom stereocenters. The van der Waals surface area contributed by atoms with Gasteiger partial charge in [-0.15, -0.1) is 11.3 Å². The molecule has 0 fully saturated rings. The average Bonchev–Trinajstić information content (AvgIpc) is 3.41. The van der Waals surface area contributed by atoms with Crippen molar-refractivity contribution in [2.75, 3.05) is 19.4 Å². The van der Waals surface area contributed by atoms with E-state index >= 15 is 0 Å². The molecule has 7 N–H and O–H groups in total. The second kappa shape index (κ2) is 10.0. The van der Waals surface area contributed by atoms with Crippen LogP contribution in [0, 0.1) is 17.7 Å². The van der Waals surface area contributed by atoms with Gasteiger partial charge in [0.15, 0.2) is 22.3 Å². The lowest BCUT2D eigenvalue weighted by atomic mass is 9.58. The summed E-state index contributed by atoms with van der Waals surface area (Å²) in [6.07, 6.45) is 0.201. The Morgan fingerprint density at radius 2 is 1.84 bits per heavy atom. The number of phenolic OH excluding ortho intramolecular Hbond substituents is 1. The molecule has 6 rings (SSSR count). The first-order valence-electron chi connectivity index (χ1n) is 13.3. The lowest BCUT2D eigenvalue weighted by Crippen LogP contribution is -2.63. The second-order valence-electron chi connectivity index (χ2n) is 11.1. The largest absolute Gasteiger partial charge is 0.510 e. The lowest BCUT2D eigenvalue weighted by molar-refractivity contribution is -0.148. The van der Waals surface area contributed by atoms with Crippen molar-refractivity contribution in [1.82, 2.24) is 9.88 Å². The van der Waals surface area contributed by atoms with Crippen molar-refractivity contribution in [2.24, 2.45) is 17.6 Å². The van der Waals surface area contributed by atoms with Crippen molar-refractivity contribution in [2.45, 2.75) is 24.5 Å². The number of allylic oxidation sites excluding steroid dienone is 1. The van der Waals surface area contributed by atoms with Crippen LogP contribution in [0.1, 0.15) is 22.3 Å². The summed E-state index contributed by atoms with van der Waals surface area (Å²) in [5, 5.41) is 50.3. The van der Waals surface area contributed by atoms with Gasteiger partial charge in [0.1, 0.15) is 22.9 Å². The third-order valence-corrected chi connectivity index (χ3v) is 9.24. The van der Waals surface area contributed by atoms with Gasteiger partial charge in [-0.25, -0.2) is 9.37 Å². The highest BCUT2D eigenvalue weighted by Gasteiger charge is 2.63. The van der Waals surface area contributed by atoms with Crippen molar-refractivity contribution in [3.63, 3.8) is 0 Å². The van der Waals surface area contributed by atoms with Gasteiger partial charge in [0, 0.05) is 22.4 Å². The molecule has 3 aliphatic carbocycles. The molecular formula is C30H27FN4O7S. The van der Waals surface area contributed by atoms with Crippen molar-refractivity contribution >= 4 is 39.6 Å². The van der Waals surface area contributed by atoms with Crippen LogP contribution >= 0.6 is 11.3 Å². The molecule has 1 aromatic heterocycles. The number of nitrogens with zero attached hydrogens (tertiary/aromatic N) is 2. The van der Waals surface area contributed by atoms with E-state index in [2.05, 4.69) is 10.3 Å². The number of nitrogens with two attached hydrogens (primary N) is 1. The van der Waals surface area contributed by atoms with Gasteiger partial charge in [-0.2, -0.15) is 0 Å². The van der Waals surface area contributed by atoms with Crippen molar-refractivity contribution in [1.29, 1.82) is 0 Å². The molecule has 0 saturated heterocycles. The number of ketones is 2. The maximum absolute atomic E-state index is 13.9. The molecule has 3 aliphatic rings. The van der Waals surface area contributed by atoms with Crippen molar-refractivity contribution < 1.29 is 39.2 Å². The van der Waals surface area contributed by atoms with Gasteiger partial charge in [0.2, 0.25) is 5.78 Å². The van der Waals surface area contributed by atoms with E-state index in [-0.39, 0.29) is 35.5 Å². The van der Waals surface area contributed by atoms with E-state index in [0.717, 1.165) is 0 Å². The number of rotatable bonds is 5. The molecule has 4 atom stereocenters. The Bertz CT molecular complexity index is 1780. The summed E-state index contributed by atoms with van der Waals surface area (Å²) in [5.74, 6) is -7.42. The van der Waals surface area contributed by atoms with Crippen LogP contribution < -0.4 is 11.1 Å². The maximum atomic E-state index is 13.9. The summed E-state index contributed by atoms with van der Waals surface area (Å²) in [6, 6.07) is 8.01. The first-order valence-corrected chi connectivity index (χ1v) is 14.2. The fraction of sp³-hybridized carbons (Fsp3) is 0.267. The molecular weight excluding hydrogens is 579 g/mol. The molecule has 11 nitrogen and oxygen atoms in total. The van der Waals surface area contributed by atoms with Crippen LogP contribution in [0.4, 0.5) is 15.2 Å². The lowest BCUT2D eigenvalue weighted by Gasteiger charge is -2.50. The van der Waals surface area contributed by atoms with Gasteiger partial charge in [0.25, 0.3) is 5.91 Å². The molecule has 0 radical (unpaired) electrons. The van der Waals surface area contributed by atoms with Crippen LogP contribution in [0.3, 0.4) is 0 Å². The Labute approximate surface area is 248 Å². The minimum atomic E-state index is -2.70. The van der Waals surface area contributed by atoms with E-state index < -0.39 is 63.8 Å². The molecule has 0 saturated carbocycles. The number of fused-ring (bicyclic) bond motifs is 3. The van der Waals surface area contributed by atoms with Crippen LogP contribution in [0.25, 0.3) is 11.3 Å². The number of carbonyl (C=O) groups is 3. The van der Waals surface area contributed by atoms with E-state index in [1.807, 2.05) is 0 Å². The standard InChI is InChI=1S/C30H27FN4O7S/c1-35(2)22-16-10-14-9-13-5-8-17(33-29-34-18(11-43-29)12-3-6-15(31)7-4-12)23(36)19(13)24(37)20(14)26(39)30(16,42)27(40)21(25(22)38)28(32)41/h3-8,11,14,16,22,36,38-39,42H,9-10H2,1-2H3,(H2,32,41)(H,33,34). The summed E-state index contributed by atoms with van der Waals surface area (Å²) >= 11 is 1.23. The molecule has 0 bridgehead atoms. The van der Waals surface area contributed by atoms with Gasteiger partial charge in [-0.3, -0.25) is 19.3 Å². The van der Waals surface area contributed by atoms with E-state index in [1.54, 1.807) is 43.7 Å². The summed E-state index contributed by atoms with van der Waals surface area (Å²) in [6.45, 7) is 0. The van der Waals surface area contributed by atoms with E-state index in [0.29, 0.717) is 22.0 Å². The molecule has 43 heavy (non-hydrogen) atoms. The number of hydrogen-bond acceptors (Lipinski definition) is 11. The van der Waals surface area contributed by atoms with E-state index in [9.17, 15) is 39.2 Å². The number of thiazole rings is 1. The molecule has 1 amide bonds. The number of phenols is 1. The number of halogens is 1. The number of aliphatic hydroxyl groups excluding tert-OH is 2. The van der Waals surface area contributed by atoms with Crippen molar-refractivity contribution in [3.8, 4) is 17.0 Å².